The Morgan fingerprint density at radius 2 is 0.877 bits per heavy atom. The molecule has 2 aromatic heterocycles. The van der Waals surface area contributed by atoms with Crippen LogP contribution in [0.2, 0.25) is 0 Å². The summed E-state index contributed by atoms with van der Waals surface area (Å²) in [5.74, 6) is 0.763. The molecule has 2 aromatic carbocycles. The molecule has 4 aromatic rings. The number of Topliss-reactive ketones (excluding diaryl/α,β-unsaturated/α-hetero) is 2. The number of benzene rings is 2. The van der Waals surface area contributed by atoms with E-state index < -0.39 is 11.4 Å². The maximum Gasteiger partial charge on any atom is 0.347 e. The molecule has 0 unspecified atom stereocenters. The van der Waals surface area contributed by atoms with Crippen LogP contribution in [-0.2, 0) is 23.7 Å². The van der Waals surface area contributed by atoms with Crippen LogP contribution < -0.4 is 22.8 Å². The number of fused-ring (bicyclic) bond motifs is 2. The quantitative estimate of drug-likeness (QED) is 0.172. The second-order valence-electron chi connectivity index (χ2n) is 15.4. The van der Waals surface area contributed by atoms with Gasteiger partial charge in [-0.15, -0.1) is 23.2 Å². The number of alkyl halides is 2. The van der Waals surface area contributed by atoms with Gasteiger partial charge in [0.15, 0.2) is 0 Å². The van der Waals surface area contributed by atoms with Gasteiger partial charge in [-0.25, -0.2) is 47.9 Å². The number of halogens is 2. The number of carbonyl (C=O) groups is 2. The van der Waals surface area contributed by atoms with Gasteiger partial charge in [0, 0.05) is 50.6 Å². The van der Waals surface area contributed by atoms with Gasteiger partial charge in [0.25, 0.3) is 0 Å². The second-order valence-corrected chi connectivity index (χ2v) is 16.2. The molecule has 4 aliphatic carbocycles. The predicted molar refractivity (Wildman–Crippen MR) is 222 cm³/mol. The number of allylic oxidation sites excluding steroid dienone is 4. The molecule has 2 fully saturated rings. The van der Waals surface area contributed by atoms with Crippen LogP contribution in [0.5, 0.6) is 0 Å². The average Bonchev–Trinajstić information content (AvgIpc) is 3.61. The van der Waals surface area contributed by atoms with Crippen LogP contribution in [0.15, 0.2) is 92.0 Å². The summed E-state index contributed by atoms with van der Waals surface area (Å²) in [5, 5.41) is 5.47. The Morgan fingerprint density at radius 1 is 0.526 bits per heavy atom. The van der Waals surface area contributed by atoms with Crippen molar-refractivity contribution in [3.63, 3.8) is 0 Å². The molecule has 8 rings (SSSR count). The normalized spacial score (nSPS) is 24.6. The van der Waals surface area contributed by atoms with Crippen LogP contribution >= 0.6 is 23.2 Å². The first-order valence-electron chi connectivity index (χ1n) is 20.0. The lowest BCUT2D eigenvalue weighted by Crippen LogP contribution is -2.31. The van der Waals surface area contributed by atoms with Crippen LogP contribution in [0.3, 0.4) is 0 Å². The van der Waals surface area contributed by atoms with Crippen molar-refractivity contribution in [2.75, 3.05) is 5.34 Å². The Labute approximate surface area is 341 Å². The van der Waals surface area contributed by atoms with Gasteiger partial charge in [0.1, 0.15) is 11.6 Å². The molecular formula is C43H52Cl2N6O6. The smallest absolute Gasteiger partial charge is 0.299 e. The molecule has 0 radical (unpaired) electrons. The molecule has 0 spiro atoms. The first kappa shape index (κ1) is 41.9. The zero-order chi connectivity index (χ0) is 40.6. The van der Waals surface area contributed by atoms with E-state index in [2.05, 4.69) is 34.5 Å². The van der Waals surface area contributed by atoms with Crippen LogP contribution in [0, 0.1) is 11.8 Å². The summed E-state index contributed by atoms with van der Waals surface area (Å²) in [6.45, 7) is 0. The minimum Gasteiger partial charge on any atom is -0.299 e. The third kappa shape index (κ3) is 9.07. The third-order valence-electron chi connectivity index (χ3n) is 12.0. The molecule has 0 amide bonds. The zero-order valence-corrected chi connectivity index (χ0v) is 34.1. The van der Waals surface area contributed by atoms with E-state index in [0.29, 0.717) is 24.4 Å². The SMILES string of the molecule is ClCCl.Cn1c(=O)[nH]n([C@@H]2C=C[C@H]([C@@H]3CCCCCCC3=O)c3ccccc32)c1=O.Cn1c(=O)[nH]n([C@H]2C=C[C@@H]([C@H]3CCCCCCC3=O)c3ccccc32)c1=O. The molecule has 4 aliphatic rings. The highest BCUT2D eigenvalue weighted by Crippen LogP contribution is 2.42. The van der Waals surface area contributed by atoms with Gasteiger partial charge in [-0.1, -0.05) is 111 Å². The summed E-state index contributed by atoms with van der Waals surface area (Å²) in [6, 6.07) is 15.2. The Morgan fingerprint density at radius 3 is 1.23 bits per heavy atom. The number of hydrogen-bond donors (Lipinski definition) is 2. The van der Waals surface area contributed by atoms with Gasteiger partial charge in [-0.05, 0) is 47.9 Å². The van der Waals surface area contributed by atoms with Gasteiger partial charge in [-0.2, -0.15) is 0 Å². The zero-order valence-electron chi connectivity index (χ0n) is 32.6. The van der Waals surface area contributed by atoms with Gasteiger partial charge >= 0.3 is 22.8 Å². The van der Waals surface area contributed by atoms with Gasteiger partial charge in [0.05, 0.1) is 17.4 Å². The summed E-state index contributed by atoms with van der Waals surface area (Å²) in [4.78, 5) is 74.1. The monoisotopic (exact) mass is 818 g/mol. The van der Waals surface area contributed by atoms with Gasteiger partial charge < -0.3 is 0 Å². The summed E-state index contributed by atoms with van der Waals surface area (Å²) >= 11 is 9.53. The number of carbonyl (C=O) groups excluding carboxylic acids is 2. The molecule has 12 nitrogen and oxygen atoms in total. The maximum atomic E-state index is 12.8. The second kappa shape index (κ2) is 19.2. The van der Waals surface area contributed by atoms with Crippen molar-refractivity contribution in [3.05, 3.63) is 137 Å². The van der Waals surface area contributed by atoms with Crippen molar-refractivity contribution < 1.29 is 9.59 Å². The summed E-state index contributed by atoms with van der Waals surface area (Å²) in [5.41, 5.74) is 2.52. The standard InChI is InChI=1S/2C21H25N3O3.CH2Cl2/c2*1-23-20(26)22-24(21(23)27)18-13-12-15(14-8-6-7-9-16(14)18)17-10-4-2-3-5-11-19(17)25;2-1-3/h2*6-9,12-13,15,17-18H,2-5,10-11H2,1H3,(H,22,26);1H2/t2*15-,17-,18+;/m10./s1. The van der Waals surface area contributed by atoms with E-state index in [1.54, 1.807) is 0 Å². The molecule has 2 N–H and O–H groups in total. The number of rotatable bonds is 4. The average molecular weight is 820 g/mol. The molecule has 0 aliphatic heterocycles. The lowest BCUT2D eigenvalue weighted by molar-refractivity contribution is -0.124. The fourth-order valence-corrected chi connectivity index (χ4v) is 9.00. The highest BCUT2D eigenvalue weighted by molar-refractivity contribution is 6.40. The van der Waals surface area contributed by atoms with E-state index in [9.17, 15) is 28.8 Å². The fourth-order valence-electron chi connectivity index (χ4n) is 9.00. The highest BCUT2D eigenvalue weighted by Gasteiger charge is 2.35. The predicted octanol–water partition coefficient (Wildman–Crippen LogP) is 6.74. The van der Waals surface area contributed by atoms with E-state index in [1.165, 1.54) is 36.3 Å². The number of ketones is 2. The minimum atomic E-state index is -0.428. The van der Waals surface area contributed by atoms with Crippen molar-refractivity contribution >= 4 is 34.8 Å². The van der Waals surface area contributed by atoms with Crippen LogP contribution in [0.25, 0.3) is 0 Å². The van der Waals surface area contributed by atoms with E-state index in [-0.39, 0.29) is 52.5 Å². The minimum absolute atomic E-state index is 0.00445. The van der Waals surface area contributed by atoms with Crippen molar-refractivity contribution in [1.29, 1.82) is 0 Å². The highest BCUT2D eigenvalue weighted by atomic mass is 35.5. The Kier molecular flexibility index (Phi) is 14.1. The Balaban J connectivity index is 0.000000180. The van der Waals surface area contributed by atoms with Crippen molar-refractivity contribution in [1.82, 2.24) is 28.7 Å². The molecule has 2 heterocycles. The van der Waals surface area contributed by atoms with E-state index in [4.69, 9.17) is 23.2 Å². The fraction of sp³-hybridized carbons (Fsp3) is 0.488. The van der Waals surface area contributed by atoms with Crippen LogP contribution in [0.4, 0.5) is 0 Å². The van der Waals surface area contributed by atoms with Crippen molar-refractivity contribution in [3.8, 4) is 0 Å². The van der Waals surface area contributed by atoms with Gasteiger partial charge in [0.2, 0.25) is 0 Å². The van der Waals surface area contributed by atoms with Crippen molar-refractivity contribution in [2.24, 2.45) is 25.9 Å². The number of H-pyrrole nitrogens is 2. The van der Waals surface area contributed by atoms with Gasteiger partial charge in [-0.3, -0.25) is 9.59 Å². The third-order valence-corrected chi connectivity index (χ3v) is 12.0. The summed E-state index contributed by atoms with van der Waals surface area (Å²) in [7, 11) is 2.93. The molecule has 0 saturated heterocycles. The Bertz CT molecular complexity index is 2180. The number of aromatic nitrogens is 6. The molecular weight excluding hydrogens is 767 g/mol. The summed E-state index contributed by atoms with van der Waals surface area (Å²) in [6.07, 6.45) is 20.0. The molecule has 304 valence electrons. The molecule has 2 saturated carbocycles. The number of nitrogens with zero attached hydrogens (tertiary/aromatic N) is 4. The maximum absolute atomic E-state index is 12.8. The molecule has 57 heavy (non-hydrogen) atoms. The van der Waals surface area contributed by atoms with E-state index in [0.717, 1.165) is 82.8 Å². The number of hydrogen-bond acceptors (Lipinski definition) is 6. The van der Waals surface area contributed by atoms with Crippen LogP contribution in [-0.4, -0.2) is 45.6 Å². The number of aromatic amines is 2. The lowest BCUT2D eigenvalue weighted by atomic mass is 9.73. The summed E-state index contributed by atoms with van der Waals surface area (Å²) < 4.78 is 4.88. The first-order valence-corrected chi connectivity index (χ1v) is 21.1. The lowest BCUT2D eigenvalue weighted by Gasteiger charge is -2.32. The van der Waals surface area contributed by atoms with E-state index in [1.807, 2.05) is 48.6 Å². The Hall–Kier alpha value is -4.68. The van der Waals surface area contributed by atoms with E-state index >= 15 is 0 Å². The number of nitrogens with one attached hydrogen (secondary N) is 2. The topological polar surface area (TPSA) is 154 Å². The molecule has 0 bridgehead atoms. The van der Waals surface area contributed by atoms with Crippen molar-refractivity contribution in [2.45, 2.75) is 101 Å². The largest absolute Gasteiger partial charge is 0.347 e. The molecule has 14 heteroatoms. The van der Waals surface area contributed by atoms with Crippen LogP contribution in [0.1, 0.15) is 123 Å². The first-order chi connectivity index (χ1) is 27.6. The molecule has 6 atom stereocenters.